The average Bonchev–Trinajstić information content (AvgIpc) is 2.72. The quantitative estimate of drug-likeness (QED) is 0.404. The van der Waals surface area contributed by atoms with Crippen molar-refractivity contribution < 1.29 is 22.0 Å². The van der Waals surface area contributed by atoms with Crippen LogP contribution in [-0.4, -0.2) is 37.1 Å². The summed E-state index contributed by atoms with van der Waals surface area (Å²) >= 11 is 0. The molecule has 168 valence electrons. The van der Waals surface area contributed by atoms with Gasteiger partial charge in [-0.25, -0.2) is 22.2 Å². The maximum absolute atomic E-state index is 14.3. The van der Waals surface area contributed by atoms with Gasteiger partial charge in [-0.05, 0) is 37.3 Å². The Kier molecular flexibility index (Phi) is 6.83. The van der Waals surface area contributed by atoms with Crippen molar-refractivity contribution in [1.29, 1.82) is 0 Å². The van der Waals surface area contributed by atoms with Gasteiger partial charge in [-0.3, -0.25) is 9.52 Å². The molecule has 4 N–H and O–H groups in total. The molecular weight excluding hydrogens is 442 g/mol. The van der Waals surface area contributed by atoms with E-state index in [1.54, 1.807) is 19.1 Å². The number of halogens is 2. The van der Waals surface area contributed by atoms with E-state index < -0.39 is 21.7 Å². The predicted octanol–water partition coefficient (Wildman–Crippen LogP) is 3.36. The highest BCUT2D eigenvalue weighted by Crippen LogP contribution is 2.27. The molecule has 12 heteroatoms. The number of aromatic nitrogens is 2. The molecule has 0 spiro atoms. The monoisotopic (exact) mass is 462 g/mol. The van der Waals surface area contributed by atoms with Gasteiger partial charge in [0.15, 0.2) is 11.6 Å². The number of hydrogen-bond donors (Lipinski definition) is 4. The van der Waals surface area contributed by atoms with Crippen molar-refractivity contribution in [2.75, 3.05) is 28.2 Å². The Hall–Kier alpha value is -3.80. The van der Waals surface area contributed by atoms with E-state index >= 15 is 0 Å². The number of benzene rings is 2. The predicted molar refractivity (Wildman–Crippen MR) is 118 cm³/mol. The zero-order chi connectivity index (χ0) is 23.3. The summed E-state index contributed by atoms with van der Waals surface area (Å²) in [5.74, 6) is -2.28. The van der Waals surface area contributed by atoms with Crippen LogP contribution < -0.4 is 20.7 Å². The van der Waals surface area contributed by atoms with Gasteiger partial charge in [0, 0.05) is 12.1 Å². The van der Waals surface area contributed by atoms with Crippen LogP contribution in [0.25, 0.3) is 0 Å². The summed E-state index contributed by atoms with van der Waals surface area (Å²) in [5, 5.41) is 7.93. The summed E-state index contributed by atoms with van der Waals surface area (Å²) in [6.07, 6.45) is 1.86. The SMILES string of the molecule is CCNC(=O)c1ccc(F)c(Nc2ncc(F)c(Nc3ccccc3NS(C)(=O)=O)n2)c1. The highest BCUT2D eigenvalue weighted by molar-refractivity contribution is 7.92. The minimum Gasteiger partial charge on any atom is -0.352 e. The number of rotatable bonds is 8. The molecule has 32 heavy (non-hydrogen) atoms. The van der Waals surface area contributed by atoms with Crippen LogP contribution in [0.4, 0.5) is 37.6 Å². The lowest BCUT2D eigenvalue weighted by molar-refractivity contribution is 0.0956. The van der Waals surface area contributed by atoms with Crippen molar-refractivity contribution in [3.63, 3.8) is 0 Å². The average molecular weight is 462 g/mol. The van der Waals surface area contributed by atoms with Gasteiger partial charge in [0.2, 0.25) is 16.0 Å². The van der Waals surface area contributed by atoms with Crippen LogP contribution in [0.5, 0.6) is 0 Å². The van der Waals surface area contributed by atoms with Crippen molar-refractivity contribution in [2.45, 2.75) is 6.92 Å². The summed E-state index contributed by atoms with van der Waals surface area (Å²) in [5.41, 5.74) is 0.566. The topological polar surface area (TPSA) is 125 Å². The molecule has 2 aromatic carbocycles. The Balaban J connectivity index is 1.88. The minimum atomic E-state index is -3.57. The number of hydrogen-bond acceptors (Lipinski definition) is 7. The number of nitrogens with zero attached hydrogens (tertiary/aromatic N) is 2. The van der Waals surface area contributed by atoms with Crippen molar-refractivity contribution >= 4 is 44.8 Å². The van der Waals surface area contributed by atoms with Crippen LogP contribution in [0.15, 0.2) is 48.7 Å². The van der Waals surface area contributed by atoms with Crippen LogP contribution in [0, 0.1) is 11.6 Å². The Labute approximate surface area is 183 Å². The van der Waals surface area contributed by atoms with E-state index in [0.29, 0.717) is 6.54 Å². The second-order valence-electron chi connectivity index (χ2n) is 6.61. The van der Waals surface area contributed by atoms with Gasteiger partial charge in [0.25, 0.3) is 5.91 Å². The lowest BCUT2D eigenvalue weighted by atomic mass is 10.2. The molecule has 0 atom stereocenters. The van der Waals surface area contributed by atoms with Gasteiger partial charge in [0.05, 0.1) is 29.5 Å². The lowest BCUT2D eigenvalue weighted by Gasteiger charge is -2.14. The summed E-state index contributed by atoms with van der Waals surface area (Å²) < 4.78 is 54.0. The van der Waals surface area contributed by atoms with Gasteiger partial charge >= 0.3 is 0 Å². The van der Waals surface area contributed by atoms with E-state index in [2.05, 4.69) is 30.6 Å². The fourth-order valence-electron chi connectivity index (χ4n) is 2.67. The lowest BCUT2D eigenvalue weighted by Crippen LogP contribution is -2.22. The second kappa shape index (κ2) is 9.56. The van der Waals surface area contributed by atoms with Gasteiger partial charge in [-0.1, -0.05) is 12.1 Å². The van der Waals surface area contributed by atoms with Crippen molar-refractivity contribution in [3.8, 4) is 0 Å². The van der Waals surface area contributed by atoms with Crippen LogP contribution in [-0.2, 0) is 10.0 Å². The molecule has 0 saturated carbocycles. The standard InChI is InChI=1S/C20H20F2N6O3S/c1-3-23-19(29)12-8-9-13(21)17(10-12)26-20-24-11-14(22)18(27-20)25-15-6-4-5-7-16(15)28-32(2,30)31/h4-11,28H,3H2,1-2H3,(H,23,29)(H2,24,25,26,27). The molecule has 1 amide bonds. The first-order valence-electron chi connectivity index (χ1n) is 9.37. The zero-order valence-electron chi connectivity index (χ0n) is 17.1. The van der Waals surface area contributed by atoms with Crippen molar-refractivity contribution in [3.05, 3.63) is 65.9 Å². The number of amides is 1. The Morgan fingerprint density at radius 2 is 1.72 bits per heavy atom. The van der Waals surface area contributed by atoms with Crippen LogP contribution >= 0.6 is 0 Å². The number of carbonyl (C=O) groups is 1. The molecule has 0 unspecified atom stereocenters. The molecule has 0 fully saturated rings. The van der Waals surface area contributed by atoms with Crippen LogP contribution in [0.3, 0.4) is 0 Å². The normalized spacial score (nSPS) is 11.0. The maximum Gasteiger partial charge on any atom is 0.251 e. The molecule has 0 aliphatic heterocycles. The molecular formula is C20H20F2N6O3S. The summed E-state index contributed by atoms with van der Waals surface area (Å²) in [7, 11) is -3.57. The zero-order valence-corrected chi connectivity index (χ0v) is 17.9. The number of sulfonamides is 1. The molecule has 0 bridgehead atoms. The van der Waals surface area contributed by atoms with Gasteiger partial charge in [-0.15, -0.1) is 0 Å². The van der Waals surface area contributed by atoms with E-state index in [1.165, 1.54) is 24.3 Å². The Bertz CT molecular complexity index is 1250. The van der Waals surface area contributed by atoms with E-state index in [0.717, 1.165) is 18.5 Å². The Morgan fingerprint density at radius 3 is 2.41 bits per heavy atom. The third-order valence-electron chi connectivity index (χ3n) is 4.03. The molecule has 3 aromatic rings. The molecule has 1 aromatic heterocycles. The van der Waals surface area contributed by atoms with E-state index in [4.69, 9.17) is 0 Å². The highest BCUT2D eigenvalue weighted by Gasteiger charge is 2.14. The van der Waals surface area contributed by atoms with Crippen LogP contribution in [0.2, 0.25) is 0 Å². The second-order valence-corrected chi connectivity index (χ2v) is 8.36. The van der Waals surface area contributed by atoms with Gasteiger partial charge < -0.3 is 16.0 Å². The first-order chi connectivity index (χ1) is 15.2. The summed E-state index contributed by atoms with van der Waals surface area (Å²) in [6, 6.07) is 9.97. The van der Waals surface area contributed by atoms with Crippen molar-refractivity contribution in [1.82, 2.24) is 15.3 Å². The highest BCUT2D eigenvalue weighted by atomic mass is 32.2. The molecule has 0 saturated heterocycles. The molecule has 0 aliphatic carbocycles. The number of para-hydroxylation sites is 2. The van der Waals surface area contributed by atoms with Crippen molar-refractivity contribution in [2.24, 2.45) is 0 Å². The third kappa shape index (κ3) is 5.88. The van der Waals surface area contributed by atoms with Gasteiger partial charge in [-0.2, -0.15) is 4.98 Å². The minimum absolute atomic E-state index is 0.0783. The first kappa shape index (κ1) is 22.9. The molecule has 0 radical (unpaired) electrons. The molecule has 9 nitrogen and oxygen atoms in total. The largest absolute Gasteiger partial charge is 0.352 e. The van der Waals surface area contributed by atoms with E-state index in [1.807, 2.05) is 0 Å². The summed E-state index contributed by atoms with van der Waals surface area (Å²) in [6.45, 7) is 2.16. The molecule has 3 rings (SSSR count). The number of anilines is 5. The number of carbonyl (C=O) groups excluding carboxylic acids is 1. The third-order valence-corrected chi connectivity index (χ3v) is 4.62. The van der Waals surface area contributed by atoms with E-state index in [-0.39, 0.29) is 40.3 Å². The molecule has 1 heterocycles. The Morgan fingerprint density at radius 1 is 1.00 bits per heavy atom. The summed E-state index contributed by atoms with van der Waals surface area (Å²) in [4.78, 5) is 19.8. The maximum atomic E-state index is 14.3. The molecule has 0 aliphatic rings. The number of nitrogens with one attached hydrogen (secondary N) is 4. The smallest absolute Gasteiger partial charge is 0.251 e. The fraction of sp³-hybridized carbons (Fsp3) is 0.150. The van der Waals surface area contributed by atoms with Crippen LogP contribution in [0.1, 0.15) is 17.3 Å². The first-order valence-corrected chi connectivity index (χ1v) is 11.3. The fourth-order valence-corrected chi connectivity index (χ4v) is 3.25. The van der Waals surface area contributed by atoms with E-state index in [9.17, 15) is 22.0 Å². The van der Waals surface area contributed by atoms with Gasteiger partial charge in [0.1, 0.15) is 5.82 Å².